The number of anilines is 2. The minimum atomic E-state index is -0.120. The Kier molecular flexibility index (Phi) is 5.02. The Morgan fingerprint density at radius 1 is 1.15 bits per heavy atom. The van der Waals surface area contributed by atoms with Crippen molar-refractivity contribution < 1.29 is 9.53 Å². The molecule has 0 saturated carbocycles. The van der Waals surface area contributed by atoms with Crippen molar-refractivity contribution in [3.8, 4) is 16.9 Å². The van der Waals surface area contributed by atoms with E-state index in [4.69, 9.17) is 4.74 Å². The van der Waals surface area contributed by atoms with Crippen LogP contribution in [0, 0.1) is 0 Å². The Bertz CT molecular complexity index is 954. The Labute approximate surface area is 152 Å². The van der Waals surface area contributed by atoms with E-state index in [2.05, 4.69) is 20.6 Å². The topological polar surface area (TPSA) is 76.1 Å². The van der Waals surface area contributed by atoms with Crippen molar-refractivity contribution >= 4 is 28.4 Å². The average molecular weight is 350 g/mol. The predicted octanol–water partition coefficient (Wildman–Crippen LogP) is 4.08. The Balaban J connectivity index is 2.13. The quantitative estimate of drug-likeness (QED) is 0.725. The van der Waals surface area contributed by atoms with E-state index in [1.807, 2.05) is 50.2 Å². The molecule has 1 heterocycles. The summed E-state index contributed by atoms with van der Waals surface area (Å²) in [6.45, 7) is 5.57. The van der Waals surface area contributed by atoms with E-state index in [0.717, 1.165) is 27.7 Å². The van der Waals surface area contributed by atoms with Gasteiger partial charge in [0.15, 0.2) is 0 Å². The number of carbonyl (C=O) groups excluding carboxylic acids is 1. The number of methoxy groups -OCH3 is 1. The van der Waals surface area contributed by atoms with Gasteiger partial charge in [-0.15, -0.1) is 0 Å². The van der Waals surface area contributed by atoms with Crippen LogP contribution in [0.4, 0.5) is 11.6 Å². The highest BCUT2D eigenvalue weighted by Gasteiger charge is 2.14. The molecule has 26 heavy (non-hydrogen) atoms. The van der Waals surface area contributed by atoms with Crippen molar-refractivity contribution in [3.05, 3.63) is 42.6 Å². The van der Waals surface area contributed by atoms with Crippen LogP contribution in [0.15, 0.2) is 42.6 Å². The number of aromatic nitrogens is 2. The highest BCUT2D eigenvalue weighted by Crippen LogP contribution is 2.37. The van der Waals surface area contributed by atoms with Crippen LogP contribution < -0.4 is 15.4 Å². The molecule has 0 spiro atoms. The van der Waals surface area contributed by atoms with Gasteiger partial charge in [-0.3, -0.25) is 4.79 Å². The van der Waals surface area contributed by atoms with Gasteiger partial charge in [0, 0.05) is 47.4 Å². The standard InChI is InChI=1S/C20H22N4O2/c1-12(2)22-20-21-11-14-9-16(19(26-4)10-18(14)24-20)15-7-5-6-8-17(15)23-13(3)25/h5-12H,1-4H3,(H,23,25)(H,21,22,24). The van der Waals surface area contributed by atoms with Gasteiger partial charge in [0.25, 0.3) is 0 Å². The van der Waals surface area contributed by atoms with E-state index in [-0.39, 0.29) is 11.9 Å². The number of hydrogen-bond donors (Lipinski definition) is 2. The largest absolute Gasteiger partial charge is 0.496 e. The molecule has 0 unspecified atom stereocenters. The second-order valence-electron chi connectivity index (χ2n) is 6.33. The molecule has 3 rings (SSSR count). The van der Waals surface area contributed by atoms with Crippen molar-refractivity contribution in [1.82, 2.24) is 9.97 Å². The molecular weight excluding hydrogens is 328 g/mol. The smallest absolute Gasteiger partial charge is 0.223 e. The third kappa shape index (κ3) is 3.74. The van der Waals surface area contributed by atoms with Crippen LogP contribution in [0.5, 0.6) is 5.75 Å². The molecular formula is C20H22N4O2. The SMILES string of the molecule is COc1cc2nc(NC(C)C)ncc2cc1-c1ccccc1NC(C)=O. The molecule has 2 N–H and O–H groups in total. The second-order valence-corrected chi connectivity index (χ2v) is 6.33. The monoisotopic (exact) mass is 350 g/mol. The lowest BCUT2D eigenvalue weighted by Gasteiger charge is -2.15. The molecule has 0 bridgehead atoms. The Morgan fingerprint density at radius 3 is 2.62 bits per heavy atom. The van der Waals surface area contributed by atoms with Gasteiger partial charge in [-0.25, -0.2) is 9.97 Å². The molecule has 0 aliphatic heterocycles. The molecule has 1 aromatic heterocycles. The van der Waals surface area contributed by atoms with E-state index in [9.17, 15) is 4.79 Å². The van der Waals surface area contributed by atoms with Crippen molar-refractivity contribution in [2.75, 3.05) is 17.7 Å². The zero-order chi connectivity index (χ0) is 18.7. The summed E-state index contributed by atoms with van der Waals surface area (Å²) in [7, 11) is 1.63. The van der Waals surface area contributed by atoms with Gasteiger partial charge in [0.2, 0.25) is 11.9 Å². The molecule has 0 atom stereocenters. The van der Waals surface area contributed by atoms with Gasteiger partial charge in [-0.2, -0.15) is 0 Å². The number of nitrogens with zero attached hydrogens (tertiary/aromatic N) is 2. The Hall–Kier alpha value is -3.15. The van der Waals surface area contributed by atoms with Crippen molar-refractivity contribution in [3.63, 3.8) is 0 Å². The molecule has 0 saturated heterocycles. The van der Waals surface area contributed by atoms with Gasteiger partial charge in [-0.1, -0.05) is 18.2 Å². The number of benzene rings is 2. The molecule has 6 heteroatoms. The molecule has 0 fully saturated rings. The molecule has 0 radical (unpaired) electrons. The Morgan fingerprint density at radius 2 is 1.92 bits per heavy atom. The van der Waals surface area contributed by atoms with Crippen LogP contribution in [0.1, 0.15) is 20.8 Å². The maximum atomic E-state index is 11.5. The maximum Gasteiger partial charge on any atom is 0.223 e. The number of rotatable bonds is 5. The lowest BCUT2D eigenvalue weighted by Crippen LogP contribution is -2.12. The van der Waals surface area contributed by atoms with Crippen LogP contribution >= 0.6 is 0 Å². The summed E-state index contributed by atoms with van der Waals surface area (Å²) in [4.78, 5) is 20.5. The molecule has 134 valence electrons. The van der Waals surface area contributed by atoms with Crippen molar-refractivity contribution in [2.24, 2.45) is 0 Å². The van der Waals surface area contributed by atoms with E-state index >= 15 is 0 Å². The van der Waals surface area contributed by atoms with Crippen LogP contribution in [-0.4, -0.2) is 29.0 Å². The van der Waals surface area contributed by atoms with Crippen LogP contribution in [0.3, 0.4) is 0 Å². The van der Waals surface area contributed by atoms with Gasteiger partial charge in [0.1, 0.15) is 5.75 Å². The van der Waals surface area contributed by atoms with E-state index in [1.54, 1.807) is 13.3 Å². The third-order valence-corrected chi connectivity index (χ3v) is 3.85. The molecule has 3 aromatic rings. The number of fused-ring (bicyclic) bond motifs is 1. The number of ether oxygens (including phenoxy) is 1. The molecule has 0 aliphatic rings. The lowest BCUT2D eigenvalue weighted by molar-refractivity contribution is -0.114. The molecule has 6 nitrogen and oxygen atoms in total. The minimum Gasteiger partial charge on any atom is -0.496 e. The van der Waals surface area contributed by atoms with Crippen LogP contribution in [-0.2, 0) is 4.79 Å². The number of hydrogen-bond acceptors (Lipinski definition) is 5. The first-order valence-corrected chi connectivity index (χ1v) is 8.46. The first kappa shape index (κ1) is 17.7. The van der Waals surface area contributed by atoms with Gasteiger partial charge in [0.05, 0.1) is 12.6 Å². The van der Waals surface area contributed by atoms with Crippen LogP contribution in [0.25, 0.3) is 22.0 Å². The average Bonchev–Trinajstić information content (AvgIpc) is 2.60. The van der Waals surface area contributed by atoms with E-state index in [0.29, 0.717) is 11.7 Å². The number of para-hydroxylation sites is 1. The fourth-order valence-corrected chi connectivity index (χ4v) is 2.78. The minimum absolute atomic E-state index is 0.120. The number of nitrogens with one attached hydrogen (secondary N) is 2. The zero-order valence-corrected chi connectivity index (χ0v) is 15.3. The fraction of sp³-hybridized carbons (Fsp3) is 0.250. The van der Waals surface area contributed by atoms with Crippen molar-refractivity contribution in [1.29, 1.82) is 0 Å². The molecule has 1 amide bonds. The van der Waals surface area contributed by atoms with E-state index in [1.165, 1.54) is 6.92 Å². The highest BCUT2D eigenvalue weighted by atomic mass is 16.5. The summed E-state index contributed by atoms with van der Waals surface area (Å²) in [6, 6.07) is 11.7. The van der Waals surface area contributed by atoms with Gasteiger partial charge >= 0.3 is 0 Å². The number of carbonyl (C=O) groups is 1. The first-order chi connectivity index (χ1) is 12.5. The molecule has 0 aliphatic carbocycles. The summed E-state index contributed by atoms with van der Waals surface area (Å²) in [6.07, 6.45) is 1.79. The fourth-order valence-electron chi connectivity index (χ4n) is 2.78. The maximum absolute atomic E-state index is 11.5. The van der Waals surface area contributed by atoms with E-state index < -0.39 is 0 Å². The summed E-state index contributed by atoms with van der Waals surface area (Å²) in [5.74, 6) is 1.15. The summed E-state index contributed by atoms with van der Waals surface area (Å²) >= 11 is 0. The normalized spacial score (nSPS) is 10.8. The highest BCUT2D eigenvalue weighted by molar-refractivity contribution is 5.97. The summed E-state index contributed by atoms with van der Waals surface area (Å²) in [5.41, 5.74) is 3.28. The third-order valence-electron chi connectivity index (χ3n) is 3.85. The lowest BCUT2D eigenvalue weighted by atomic mass is 10.0. The number of amides is 1. The van der Waals surface area contributed by atoms with Crippen LogP contribution in [0.2, 0.25) is 0 Å². The summed E-state index contributed by atoms with van der Waals surface area (Å²) < 4.78 is 5.60. The van der Waals surface area contributed by atoms with Gasteiger partial charge in [-0.05, 0) is 26.0 Å². The first-order valence-electron chi connectivity index (χ1n) is 8.46. The van der Waals surface area contributed by atoms with Crippen molar-refractivity contribution in [2.45, 2.75) is 26.8 Å². The second kappa shape index (κ2) is 7.39. The molecule has 2 aromatic carbocycles. The summed E-state index contributed by atoms with van der Waals surface area (Å²) in [5, 5.41) is 6.96. The van der Waals surface area contributed by atoms with Gasteiger partial charge < -0.3 is 15.4 Å². The predicted molar refractivity (Wildman–Crippen MR) is 105 cm³/mol. The zero-order valence-electron chi connectivity index (χ0n) is 15.3.